The van der Waals surface area contributed by atoms with Crippen LogP contribution in [0.25, 0.3) is 55.8 Å². The minimum Gasteiger partial charge on any atom is -0.508 e. The monoisotopic (exact) mass is 535 g/mol. The van der Waals surface area contributed by atoms with Gasteiger partial charge in [-0.3, -0.25) is 14.9 Å². The third-order valence-corrected chi connectivity index (χ3v) is 6.42. The second-order valence-electron chi connectivity index (χ2n) is 10.9. The van der Waals surface area contributed by atoms with Crippen LogP contribution >= 0.6 is 0 Å². The second kappa shape index (κ2) is 9.57. The van der Waals surface area contributed by atoms with Crippen LogP contribution in [0.3, 0.4) is 0 Å². The first-order valence-electron chi connectivity index (χ1n) is 12.7. The minimum absolute atomic E-state index is 0.0645. The Morgan fingerprint density at radius 2 is 1.88 bits per heavy atom. The minimum atomic E-state index is -0.544. The molecule has 9 nitrogen and oxygen atoms in total. The summed E-state index contributed by atoms with van der Waals surface area (Å²) in [6.07, 6.45) is 5.36. The Hall–Kier alpha value is -5.12. The van der Waals surface area contributed by atoms with Crippen LogP contribution in [0.5, 0.6) is 5.75 Å². The quantitative estimate of drug-likeness (QED) is 0.201. The molecule has 4 heterocycles. The van der Waals surface area contributed by atoms with Gasteiger partial charge >= 0.3 is 0 Å². The number of halogens is 1. The number of phenolic OH excluding ortho intramolecular Hbond substituents is 1. The lowest BCUT2D eigenvalue weighted by Crippen LogP contribution is -2.19. The van der Waals surface area contributed by atoms with Crippen molar-refractivity contribution in [3.8, 4) is 39.5 Å². The number of rotatable bonds is 5. The zero-order valence-corrected chi connectivity index (χ0v) is 22.1. The topological polar surface area (TPSA) is 132 Å². The third kappa shape index (κ3) is 4.98. The molecule has 0 bridgehead atoms. The molecule has 4 aromatic heterocycles. The number of hydrogen-bond acceptors (Lipinski definition) is 6. The van der Waals surface area contributed by atoms with Crippen LogP contribution in [-0.2, 0) is 4.79 Å². The van der Waals surface area contributed by atoms with Gasteiger partial charge in [-0.2, -0.15) is 5.10 Å². The summed E-state index contributed by atoms with van der Waals surface area (Å²) >= 11 is 0. The maximum absolute atomic E-state index is 14.0. The maximum Gasteiger partial charge on any atom is 0.224 e. The first-order chi connectivity index (χ1) is 19.1. The summed E-state index contributed by atoms with van der Waals surface area (Å²) in [7, 11) is 0. The largest absolute Gasteiger partial charge is 0.508 e. The summed E-state index contributed by atoms with van der Waals surface area (Å²) < 4.78 is 14.0. The van der Waals surface area contributed by atoms with Gasteiger partial charge in [0, 0.05) is 41.4 Å². The molecular formula is C30H26FN7O2. The number of hydrogen-bond donors (Lipinski definition) is 4. The van der Waals surface area contributed by atoms with E-state index in [1.807, 2.05) is 45.0 Å². The van der Waals surface area contributed by atoms with E-state index in [0.717, 1.165) is 28.1 Å². The first-order valence-corrected chi connectivity index (χ1v) is 12.7. The molecule has 0 saturated heterocycles. The van der Waals surface area contributed by atoms with Crippen molar-refractivity contribution in [2.45, 2.75) is 27.2 Å². The molecule has 10 heteroatoms. The maximum atomic E-state index is 14.0. The van der Waals surface area contributed by atoms with Gasteiger partial charge in [-0.05, 0) is 52.9 Å². The fourth-order valence-corrected chi connectivity index (χ4v) is 4.72. The van der Waals surface area contributed by atoms with Crippen LogP contribution in [0.15, 0.2) is 67.1 Å². The van der Waals surface area contributed by atoms with Crippen molar-refractivity contribution in [1.29, 1.82) is 0 Å². The van der Waals surface area contributed by atoms with Gasteiger partial charge in [0.1, 0.15) is 17.3 Å². The molecule has 40 heavy (non-hydrogen) atoms. The van der Waals surface area contributed by atoms with Gasteiger partial charge in [-0.1, -0.05) is 26.8 Å². The highest BCUT2D eigenvalue weighted by Gasteiger charge is 2.18. The van der Waals surface area contributed by atoms with Crippen molar-refractivity contribution in [3.05, 3.63) is 72.9 Å². The van der Waals surface area contributed by atoms with Crippen molar-refractivity contribution >= 4 is 33.7 Å². The molecule has 0 aliphatic rings. The molecule has 0 spiro atoms. The second-order valence-corrected chi connectivity index (χ2v) is 10.9. The summed E-state index contributed by atoms with van der Waals surface area (Å²) in [5, 5.41) is 21.2. The molecule has 0 radical (unpaired) electrons. The van der Waals surface area contributed by atoms with E-state index < -0.39 is 5.82 Å². The van der Waals surface area contributed by atoms with Gasteiger partial charge in [-0.25, -0.2) is 14.4 Å². The van der Waals surface area contributed by atoms with Crippen LogP contribution in [0.1, 0.15) is 27.2 Å². The zero-order valence-electron chi connectivity index (χ0n) is 22.1. The van der Waals surface area contributed by atoms with Crippen molar-refractivity contribution in [3.63, 3.8) is 0 Å². The number of anilines is 1. The fourth-order valence-electron chi connectivity index (χ4n) is 4.72. The standard InChI is InChI=1S/C30H26FN7O2/c1-30(2,3)13-25(40)34-20-9-18(14-32-15-20)16-4-5-24-23(11-16)27(38-37-24)29-35-26-22(6-7-33-28(26)36-29)17-8-19(31)12-21(39)10-17/h4-12,14-15,39H,13H2,1-3H3,(H,34,40)(H,37,38)(H,33,35,36). The number of aromatic nitrogens is 6. The number of benzene rings is 2. The highest BCUT2D eigenvalue weighted by molar-refractivity contribution is 5.98. The van der Waals surface area contributed by atoms with Crippen LogP contribution in [-0.4, -0.2) is 41.1 Å². The van der Waals surface area contributed by atoms with E-state index in [9.17, 15) is 14.3 Å². The molecule has 0 aliphatic carbocycles. The van der Waals surface area contributed by atoms with Gasteiger partial charge in [0.05, 0.1) is 22.9 Å². The number of aromatic amines is 2. The van der Waals surface area contributed by atoms with Crippen LogP contribution < -0.4 is 5.32 Å². The summed E-state index contributed by atoms with van der Waals surface area (Å²) in [6.45, 7) is 6.05. The highest BCUT2D eigenvalue weighted by Crippen LogP contribution is 2.34. The fraction of sp³-hybridized carbons (Fsp3) is 0.167. The lowest BCUT2D eigenvalue weighted by Gasteiger charge is -2.17. The molecule has 6 aromatic rings. The van der Waals surface area contributed by atoms with Crippen molar-refractivity contribution in [1.82, 2.24) is 30.1 Å². The Morgan fingerprint density at radius 1 is 1.02 bits per heavy atom. The number of aromatic hydroxyl groups is 1. The molecular weight excluding hydrogens is 509 g/mol. The lowest BCUT2D eigenvalue weighted by atomic mass is 9.92. The number of nitrogens with zero attached hydrogens (tertiary/aromatic N) is 4. The van der Waals surface area contributed by atoms with Gasteiger partial charge in [0.15, 0.2) is 11.5 Å². The molecule has 200 valence electrons. The Balaban J connectivity index is 1.37. The average molecular weight is 536 g/mol. The molecule has 2 aromatic carbocycles. The van der Waals surface area contributed by atoms with Gasteiger partial charge < -0.3 is 15.4 Å². The van der Waals surface area contributed by atoms with E-state index in [0.29, 0.717) is 45.9 Å². The van der Waals surface area contributed by atoms with Gasteiger partial charge in [0.25, 0.3) is 0 Å². The number of amides is 1. The van der Waals surface area contributed by atoms with E-state index in [4.69, 9.17) is 0 Å². The number of nitrogens with one attached hydrogen (secondary N) is 3. The summed E-state index contributed by atoms with van der Waals surface area (Å²) in [5.74, 6) is -0.290. The van der Waals surface area contributed by atoms with E-state index in [-0.39, 0.29) is 17.1 Å². The molecule has 0 atom stereocenters. The highest BCUT2D eigenvalue weighted by atomic mass is 19.1. The lowest BCUT2D eigenvalue weighted by molar-refractivity contribution is -0.117. The van der Waals surface area contributed by atoms with Gasteiger partial charge in [0.2, 0.25) is 5.91 Å². The molecule has 1 amide bonds. The van der Waals surface area contributed by atoms with Crippen LogP contribution in [0.4, 0.5) is 10.1 Å². The number of fused-ring (bicyclic) bond motifs is 2. The Bertz CT molecular complexity index is 1880. The summed E-state index contributed by atoms with van der Waals surface area (Å²) in [4.78, 5) is 29.1. The molecule has 0 aliphatic heterocycles. The number of imidazole rings is 1. The van der Waals surface area contributed by atoms with Crippen molar-refractivity contribution in [2.75, 3.05) is 5.32 Å². The first kappa shape index (κ1) is 25.2. The third-order valence-electron chi connectivity index (χ3n) is 6.42. The normalized spacial score (nSPS) is 11.8. The summed E-state index contributed by atoms with van der Waals surface area (Å²) in [5.41, 5.74) is 5.80. The van der Waals surface area contributed by atoms with Crippen LogP contribution in [0, 0.1) is 11.2 Å². The van der Waals surface area contributed by atoms with Crippen molar-refractivity contribution in [2.24, 2.45) is 5.41 Å². The number of phenols is 1. The SMILES string of the molecule is CC(C)(C)CC(=O)Nc1cncc(-c2ccc3[nH]nc(-c4nc5nccc(-c6cc(O)cc(F)c6)c5[nH]4)c3c2)c1. The van der Waals surface area contributed by atoms with Crippen molar-refractivity contribution < 1.29 is 14.3 Å². The predicted octanol–water partition coefficient (Wildman–Crippen LogP) is 6.45. The number of H-pyrrole nitrogens is 2. The van der Waals surface area contributed by atoms with Gasteiger partial charge in [-0.15, -0.1) is 0 Å². The Labute approximate surface area is 228 Å². The Kier molecular flexibility index (Phi) is 6.02. The van der Waals surface area contributed by atoms with E-state index in [1.54, 1.807) is 24.7 Å². The molecule has 0 unspecified atom stereocenters. The van der Waals surface area contributed by atoms with E-state index >= 15 is 0 Å². The Morgan fingerprint density at radius 3 is 2.67 bits per heavy atom. The number of carbonyl (C=O) groups is 1. The number of pyridine rings is 2. The van der Waals surface area contributed by atoms with Crippen LogP contribution in [0.2, 0.25) is 0 Å². The molecule has 6 rings (SSSR count). The number of carbonyl (C=O) groups excluding carboxylic acids is 1. The smallest absolute Gasteiger partial charge is 0.224 e. The molecule has 0 saturated carbocycles. The zero-order chi connectivity index (χ0) is 28.0. The predicted molar refractivity (Wildman–Crippen MR) is 152 cm³/mol. The average Bonchev–Trinajstić information content (AvgIpc) is 3.50. The molecule has 0 fully saturated rings. The van der Waals surface area contributed by atoms with E-state index in [2.05, 4.69) is 35.5 Å². The molecule has 4 N–H and O–H groups in total. The summed E-state index contributed by atoms with van der Waals surface area (Å²) in [6, 6.07) is 13.4. The van der Waals surface area contributed by atoms with E-state index in [1.165, 1.54) is 12.1 Å².